The molecule has 7 heteroatoms. The van der Waals surface area contributed by atoms with Crippen LogP contribution in [-0.2, 0) is 9.53 Å². The maximum Gasteiger partial charge on any atom is 0.233 e. The van der Waals surface area contributed by atoms with E-state index in [4.69, 9.17) is 4.74 Å². The molecule has 138 valence electrons. The van der Waals surface area contributed by atoms with E-state index in [-0.39, 0.29) is 17.8 Å². The summed E-state index contributed by atoms with van der Waals surface area (Å²) in [7, 11) is 0. The van der Waals surface area contributed by atoms with Crippen LogP contribution in [0.1, 0.15) is 6.42 Å². The molecule has 0 saturated carbocycles. The molecule has 1 aromatic rings. The normalized spacial score (nSPS) is 22.6. The molecule has 0 aromatic heterocycles. The second-order valence-electron chi connectivity index (χ2n) is 6.33. The van der Waals surface area contributed by atoms with Crippen molar-refractivity contribution in [3.8, 4) is 0 Å². The molecule has 2 saturated heterocycles. The number of rotatable bonds is 5. The predicted octanol–water partition coefficient (Wildman–Crippen LogP) is 2.58. The Morgan fingerprint density at radius 1 is 1.24 bits per heavy atom. The summed E-state index contributed by atoms with van der Waals surface area (Å²) in [6.07, 6.45) is 1.05. The Bertz CT molecular complexity index is 553. The minimum Gasteiger partial charge on any atom is -0.379 e. The van der Waals surface area contributed by atoms with Gasteiger partial charge in [-0.3, -0.25) is 9.69 Å². The van der Waals surface area contributed by atoms with Crippen molar-refractivity contribution in [2.24, 2.45) is 0 Å². The first-order valence-corrected chi connectivity index (χ1v) is 10.9. The minimum absolute atomic E-state index is 0.190. The van der Waals surface area contributed by atoms with Crippen LogP contribution in [0.4, 0.5) is 4.39 Å². The van der Waals surface area contributed by atoms with Crippen molar-refractivity contribution in [3.05, 3.63) is 30.1 Å². The molecule has 0 unspecified atom stereocenters. The van der Waals surface area contributed by atoms with Crippen LogP contribution in [0.15, 0.2) is 29.2 Å². The molecule has 2 heterocycles. The highest BCUT2D eigenvalue weighted by Crippen LogP contribution is 2.22. The Labute approximate surface area is 157 Å². The highest BCUT2D eigenvalue weighted by Gasteiger charge is 2.27. The van der Waals surface area contributed by atoms with Crippen molar-refractivity contribution in [1.82, 2.24) is 9.80 Å². The van der Waals surface area contributed by atoms with Crippen molar-refractivity contribution >= 4 is 29.4 Å². The molecule has 0 bridgehead atoms. The zero-order valence-electron chi connectivity index (χ0n) is 14.4. The van der Waals surface area contributed by atoms with Crippen molar-refractivity contribution < 1.29 is 13.9 Å². The number of halogens is 1. The number of amides is 1. The lowest BCUT2D eigenvalue weighted by molar-refractivity contribution is -0.130. The molecule has 0 radical (unpaired) electrons. The van der Waals surface area contributed by atoms with E-state index in [1.165, 1.54) is 23.9 Å². The van der Waals surface area contributed by atoms with Crippen molar-refractivity contribution in [2.45, 2.75) is 17.4 Å². The fourth-order valence-corrected chi connectivity index (χ4v) is 4.99. The maximum absolute atomic E-state index is 13.0. The van der Waals surface area contributed by atoms with Gasteiger partial charge in [0, 0.05) is 36.8 Å². The molecule has 4 nitrogen and oxygen atoms in total. The second kappa shape index (κ2) is 9.80. The number of carbonyl (C=O) groups excluding carboxylic acids is 1. The Kier molecular flexibility index (Phi) is 7.46. The van der Waals surface area contributed by atoms with Gasteiger partial charge in [-0.15, -0.1) is 11.8 Å². The average Bonchev–Trinajstić information content (AvgIpc) is 2.87. The lowest BCUT2D eigenvalue weighted by atomic mass is 10.2. The fraction of sp³-hybridized carbons (Fsp3) is 0.611. The van der Waals surface area contributed by atoms with Crippen LogP contribution < -0.4 is 0 Å². The number of morpholine rings is 1. The van der Waals surface area contributed by atoms with Gasteiger partial charge in [-0.1, -0.05) is 0 Å². The van der Waals surface area contributed by atoms with E-state index in [0.29, 0.717) is 5.75 Å². The summed E-state index contributed by atoms with van der Waals surface area (Å²) in [6, 6.07) is 6.62. The van der Waals surface area contributed by atoms with Crippen LogP contribution in [-0.4, -0.2) is 78.4 Å². The Morgan fingerprint density at radius 2 is 2.00 bits per heavy atom. The first kappa shape index (κ1) is 19.0. The SMILES string of the molecule is O=C(CSc1ccc(F)cc1)N1CCCSC[C@@H]1CN1CCOCC1. The smallest absolute Gasteiger partial charge is 0.233 e. The number of thioether (sulfide) groups is 2. The summed E-state index contributed by atoms with van der Waals surface area (Å²) in [6.45, 7) is 5.25. The van der Waals surface area contributed by atoms with Gasteiger partial charge in [0.05, 0.1) is 25.0 Å². The van der Waals surface area contributed by atoms with Crippen LogP contribution >= 0.6 is 23.5 Å². The summed E-state index contributed by atoms with van der Waals surface area (Å²) >= 11 is 3.44. The third-order valence-corrected chi connectivity index (χ3v) is 6.70. The molecule has 0 aliphatic carbocycles. The van der Waals surface area contributed by atoms with Gasteiger partial charge in [-0.2, -0.15) is 11.8 Å². The molecule has 3 rings (SSSR count). The first-order chi connectivity index (χ1) is 12.2. The largest absolute Gasteiger partial charge is 0.379 e. The molecule has 2 aliphatic heterocycles. The van der Waals surface area contributed by atoms with Crippen LogP contribution in [0.25, 0.3) is 0 Å². The van der Waals surface area contributed by atoms with E-state index in [9.17, 15) is 9.18 Å². The summed E-state index contributed by atoms with van der Waals surface area (Å²) < 4.78 is 18.4. The number of nitrogens with zero attached hydrogens (tertiary/aromatic N) is 2. The molecule has 25 heavy (non-hydrogen) atoms. The monoisotopic (exact) mass is 384 g/mol. The average molecular weight is 385 g/mol. The topological polar surface area (TPSA) is 32.8 Å². The Hall–Kier alpha value is -0.760. The van der Waals surface area contributed by atoms with Crippen LogP contribution in [0.5, 0.6) is 0 Å². The van der Waals surface area contributed by atoms with Crippen molar-refractivity contribution in [1.29, 1.82) is 0 Å². The van der Waals surface area contributed by atoms with Gasteiger partial charge in [0.2, 0.25) is 5.91 Å². The molecular weight excluding hydrogens is 359 g/mol. The second-order valence-corrected chi connectivity index (χ2v) is 8.52. The summed E-state index contributed by atoms with van der Waals surface area (Å²) in [5.74, 6) is 2.48. The van der Waals surface area contributed by atoms with Gasteiger partial charge in [0.25, 0.3) is 0 Å². The highest BCUT2D eigenvalue weighted by atomic mass is 32.2. The Balaban J connectivity index is 1.57. The lowest BCUT2D eigenvalue weighted by Gasteiger charge is -2.35. The van der Waals surface area contributed by atoms with E-state index in [0.717, 1.165) is 62.2 Å². The van der Waals surface area contributed by atoms with E-state index < -0.39 is 0 Å². The zero-order chi connectivity index (χ0) is 17.5. The van der Waals surface area contributed by atoms with E-state index in [2.05, 4.69) is 9.80 Å². The van der Waals surface area contributed by atoms with E-state index >= 15 is 0 Å². The molecule has 0 N–H and O–H groups in total. The third-order valence-electron chi connectivity index (χ3n) is 4.51. The van der Waals surface area contributed by atoms with Gasteiger partial charge in [-0.05, 0) is 36.4 Å². The quantitative estimate of drug-likeness (QED) is 0.729. The fourth-order valence-electron chi connectivity index (χ4n) is 3.15. The standard InChI is InChI=1S/C18H25FN2O2S2/c19-15-2-4-17(5-3-15)25-14-18(22)21-6-1-11-24-13-16(21)12-20-7-9-23-10-8-20/h2-5,16H,1,6-14H2/t16-/m0/s1. The lowest BCUT2D eigenvalue weighted by Crippen LogP contribution is -2.50. The summed E-state index contributed by atoms with van der Waals surface area (Å²) in [4.78, 5) is 18.2. The molecule has 1 aromatic carbocycles. The van der Waals surface area contributed by atoms with Gasteiger partial charge < -0.3 is 9.64 Å². The van der Waals surface area contributed by atoms with Crippen LogP contribution in [0.3, 0.4) is 0 Å². The number of hydrogen-bond donors (Lipinski definition) is 0. The molecule has 2 aliphatic rings. The van der Waals surface area contributed by atoms with Gasteiger partial charge in [-0.25, -0.2) is 4.39 Å². The minimum atomic E-state index is -0.245. The number of carbonyl (C=O) groups is 1. The van der Waals surface area contributed by atoms with Gasteiger partial charge in [0.1, 0.15) is 5.82 Å². The molecule has 0 spiro atoms. The first-order valence-electron chi connectivity index (χ1n) is 8.78. The van der Waals surface area contributed by atoms with E-state index in [1.807, 2.05) is 11.8 Å². The molecule has 1 atom stereocenters. The third kappa shape index (κ3) is 5.88. The molecule has 1 amide bonds. The predicted molar refractivity (Wildman–Crippen MR) is 102 cm³/mol. The maximum atomic E-state index is 13.0. The van der Waals surface area contributed by atoms with Crippen molar-refractivity contribution in [3.63, 3.8) is 0 Å². The van der Waals surface area contributed by atoms with Gasteiger partial charge in [0.15, 0.2) is 0 Å². The highest BCUT2D eigenvalue weighted by molar-refractivity contribution is 8.00. The van der Waals surface area contributed by atoms with Crippen LogP contribution in [0.2, 0.25) is 0 Å². The zero-order valence-corrected chi connectivity index (χ0v) is 16.0. The summed E-state index contributed by atoms with van der Waals surface area (Å²) in [5.41, 5.74) is 0. The van der Waals surface area contributed by atoms with Gasteiger partial charge >= 0.3 is 0 Å². The molecular formula is C18H25FN2O2S2. The molecule has 2 fully saturated rings. The van der Waals surface area contributed by atoms with Crippen molar-refractivity contribution in [2.75, 3.05) is 56.7 Å². The Morgan fingerprint density at radius 3 is 2.76 bits per heavy atom. The van der Waals surface area contributed by atoms with Crippen LogP contribution in [0, 0.1) is 5.82 Å². The number of ether oxygens (including phenoxy) is 1. The number of hydrogen-bond acceptors (Lipinski definition) is 5. The van der Waals surface area contributed by atoms with E-state index in [1.54, 1.807) is 12.1 Å². The number of benzene rings is 1. The summed E-state index contributed by atoms with van der Waals surface area (Å²) in [5, 5.41) is 0.